The molecular formula is C27H18N2O. The highest BCUT2D eigenvalue weighted by Gasteiger charge is 2.19. The van der Waals surface area contributed by atoms with Gasteiger partial charge in [-0.15, -0.1) is 0 Å². The number of para-hydroxylation sites is 1. The van der Waals surface area contributed by atoms with Gasteiger partial charge in [0.15, 0.2) is 0 Å². The van der Waals surface area contributed by atoms with Crippen LogP contribution in [0.15, 0.2) is 103 Å². The van der Waals surface area contributed by atoms with Crippen LogP contribution < -0.4 is 0 Å². The van der Waals surface area contributed by atoms with Gasteiger partial charge in [0.2, 0.25) is 0 Å². The van der Waals surface area contributed by atoms with E-state index in [1.165, 1.54) is 16.2 Å². The van der Waals surface area contributed by atoms with Crippen molar-refractivity contribution in [3.05, 3.63) is 103 Å². The Morgan fingerprint density at radius 2 is 1.13 bits per heavy atom. The standard InChI is InChI=1S/C27H18N2O/c30-20-16-14-18(15-17-20)27-28-25-23-12-6-4-10-21(23)22-11-5-7-13-24(22)26(25)29(27)19-8-2-1-3-9-19/h1-17,30H. The van der Waals surface area contributed by atoms with Gasteiger partial charge < -0.3 is 5.11 Å². The predicted molar refractivity (Wildman–Crippen MR) is 123 cm³/mol. The monoisotopic (exact) mass is 386 g/mol. The zero-order valence-corrected chi connectivity index (χ0v) is 16.2. The van der Waals surface area contributed by atoms with Crippen LogP contribution in [0.3, 0.4) is 0 Å². The molecule has 30 heavy (non-hydrogen) atoms. The van der Waals surface area contributed by atoms with E-state index >= 15 is 0 Å². The summed E-state index contributed by atoms with van der Waals surface area (Å²) in [5, 5.41) is 14.5. The fraction of sp³-hybridized carbons (Fsp3) is 0. The summed E-state index contributed by atoms with van der Waals surface area (Å²) in [4.78, 5) is 5.15. The summed E-state index contributed by atoms with van der Waals surface area (Å²) in [6.45, 7) is 0. The third-order valence-corrected chi connectivity index (χ3v) is 5.67. The number of aromatic nitrogens is 2. The van der Waals surface area contributed by atoms with Crippen molar-refractivity contribution >= 4 is 32.6 Å². The van der Waals surface area contributed by atoms with E-state index in [9.17, 15) is 5.11 Å². The van der Waals surface area contributed by atoms with Gasteiger partial charge in [0.25, 0.3) is 0 Å². The highest BCUT2D eigenvalue weighted by Crippen LogP contribution is 2.39. The number of phenols is 1. The Hall–Kier alpha value is -4.11. The van der Waals surface area contributed by atoms with E-state index in [0.717, 1.165) is 33.5 Å². The first-order valence-corrected chi connectivity index (χ1v) is 9.98. The van der Waals surface area contributed by atoms with Gasteiger partial charge in [-0.25, -0.2) is 4.98 Å². The van der Waals surface area contributed by atoms with Crippen molar-refractivity contribution in [2.75, 3.05) is 0 Å². The molecule has 142 valence electrons. The molecule has 6 rings (SSSR count). The molecule has 6 aromatic rings. The van der Waals surface area contributed by atoms with Crippen LogP contribution in [0.2, 0.25) is 0 Å². The van der Waals surface area contributed by atoms with Crippen molar-refractivity contribution in [2.45, 2.75) is 0 Å². The Morgan fingerprint density at radius 1 is 0.567 bits per heavy atom. The van der Waals surface area contributed by atoms with Gasteiger partial charge in [0.1, 0.15) is 11.6 Å². The van der Waals surface area contributed by atoms with Gasteiger partial charge in [-0.1, -0.05) is 66.7 Å². The molecule has 0 saturated heterocycles. The molecule has 0 saturated carbocycles. The van der Waals surface area contributed by atoms with Crippen molar-refractivity contribution < 1.29 is 5.11 Å². The lowest BCUT2D eigenvalue weighted by Gasteiger charge is -2.12. The first-order valence-electron chi connectivity index (χ1n) is 9.98. The summed E-state index contributed by atoms with van der Waals surface area (Å²) >= 11 is 0. The Balaban J connectivity index is 1.87. The quantitative estimate of drug-likeness (QED) is 0.336. The van der Waals surface area contributed by atoms with Crippen LogP contribution in [0.4, 0.5) is 0 Å². The average molecular weight is 386 g/mol. The highest BCUT2D eigenvalue weighted by atomic mass is 16.3. The summed E-state index contributed by atoms with van der Waals surface area (Å²) in [7, 11) is 0. The number of hydrogen-bond donors (Lipinski definition) is 1. The van der Waals surface area contributed by atoms with Crippen LogP contribution >= 0.6 is 0 Å². The highest BCUT2D eigenvalue weighted by molar-refractivity contribution is 6.24. The minimum absolute atomic E-state index is 0.247. The minimum Gasteiger partial charge on any atom is -0.508 e. The number of phenolic OH excluding ortho intramolecular Hbond substituents is 1. The molecule has 1 heterocycles. The lowest BCUT2D eigenvalue weighted by Crippen LogP contribution is -1.97. The third kappa shape index (κ3) is 2.42. The topological polar surface area (TPSA) is 38.1 Å². The van der Waals surface area contributed by atoms with Crippen LogP contribution in [0.5, 0.6) is 5.75 Å². The van der Waals surface area contributed by atoms with E-state index in [0.29, 0.717) is 0 Å². The molecule has 0 amide bonds. The molecule has 5 aromatic carbocycles. The molecule has 3 nitrogen and oxygen atoms in total. The van der Waals surface area contributed by atoms with Crippen molar-refractivity contribution in [3.8, 4) is 22.8 Å². The first kappa shape index (κ1) is 16.8. The molecule has 0 aliphatic carbocycles. The predicted octanol–water partition coefficient (Wildman–Crippen LogP) is 6.70. The van der Waals surface area contributed by atoms with Crippen molar-refractivity contribution in [1.82, 2.24) is 9.55 Å². The fourth-order valence-corrected chi connectivity index (χ4v) is 4.34. The molecule has 0 bridgehead atoms. The Morgan fingerprint density at radius 3 is 1.83 bits per heavy atom. The van der Waals surface area contributed by atoms with Crippen LogP contribution in [-0.2, 0) is 0 Å². The molecule has 1 aromatic heterocycles. The van der Waals surface area contributed by atoms with Crippen LogP contribution in [0.25, 0.3) is 49.7 Å². The number of rotatable bonds is 2. The average Bonchev–Trinajstić information content (AvgIpc) is 3.21. The minimum atomic E-state index is 0.247. The van der Waals surface area contributed by atoms with Crippen molar-refractivity contribution in [1.29, 1.82) is 0 Å². The lowest BCUT2D eigenvalue weighted by atomic mass is 10.00. The second-order valence-corrected chi connectivity index (χ2v) is 7.44. The maximum Gasteiger partial charge on any atom is 0.145 e. The van der Waals surface area contributed by atoms with Crippen molar-refractivity contribution in [2.24, 2.45) is 0 Å². The molecule has 0 fully saturated rings. The van der Waals surface area contributed by atoms with E-state index < -0.39 is 0 Å². The van der Waals surface area contributed by atoms with E-state index in [1.54, 1.807) is 12.1 Å². The number of nitrogens with zero attached hydrogens (tertiary/aromatic N) is 2. The maximum absolute atomic E-state index is 9.79. The zero-order valence-electron chi connectivity index (χ0n) is 16.2. The van der Waals surface area contributed by atoms with E-state index in [2.05, 4.69) is 65.2 Å². The van der Waals surface area contributed by atoms with E-state index in [1.807, 2.05) is 30.3 Å². The maximum atomic E-state index is 9.79. The molecule has 0 aliphatic heterocycles. The van der Waals surface area contributed by atoms with Crippen LogP contribution in [0.1, 0.15) is 0 Å². The number of imidazole rings is 1. The summed E-state index contributed by atoms with van der Waals surface area (Å²) in [5.74, 6) is 1.11. The third-order valence-electron chi connectivity index (χ3n) is 5.67. The van der Waals surface area contributed by atoms with Crippen LogP contribution in [0, 0.1) is 0 Å². The van der Waals surface area contributed by atoms with Crippen molar-refractivity contribution in [3.63, 3.8) is 0 Å². The Kier molecular flexibility index (Phi) is 3.62. The largest absolute Gasteiger partial charge is 0.508 e. The second-order valence-electron chi connectivity index (χ2n) is 7.44. The summed E-state index contributed by atoms with van der Waals surface area (Å²) in [5.41, 5.74) is 4.10. The number of fused-ring (bicyclic) bond motifs is 6. The van der Waals surface area contributed by atoms with E-state index in [4.69, 9.17) is 4.98 Å². The smallest absolute Gasteiger partial charge is 0.145 e. The molecule has 3 heteroatoms. The van der Waals surface area contributed by atoms with Gasteiger partial charge in [-0.2, -0.15) is 0 Å². The number of hydrogen-bond acceptors (Lipinski definition) is 2. The van der Waals surface area contributed by atoms with Gasteiger partial charge in [-0.3, -0.25) is 4.57 Å². The summed E-state index contributed by atoms with van der Waals surface area (Å²) in [6, 6.07) is 34.6. The molecule has 0 radical (unpaired) electrons. The molecule has 1 N–H and O–H groups in total. The molecule has 0 atom stereocenters. The van der Waals surface area contributed by atoms with Gasteiger partial charge in [-0.05, 0) is 47.2 Å². The van der Waals surface area contributed by atoms with Gasteiger partial charge in [0.05, 0.1) is 11.0 Å². The lowest BCUT2D eigenvalue weighted by molar-refractivity contribution is 0.475. The van der Waals surface area contributed by atoms with E-state index in [-0.39, 0.29) is 5.75 Å². The summed E-state index contributed by atoms with van der Waals surface area (Å²) < 4.78 is 2.23. The Bertz CT molecular complexity index is 1530. The zero-order chi connectivity index (χ0) is 20.1. The van der Waals surface area contributed by atoms with Gasteiger partial charge in [0, 0.05) is 22.0 Å². The SMILES string of the molecule is Oc1ccc(-c2nc3c4ccccc4c4ccccc4c3n2-c2ccccc2)cc1. The number of aromatic hydroxyl groups is 1. The van der Waals surface area contributed by atoms with Crippen LogP contribution in [-0.4, -0.2) is 14.7 Å². The molecule has 0 spiro atoms. The molecule has 0 unspecified atom stereocenters. The fourth-order valence-electron chi connectivity index (χ4n) is 4.34. The van der Waals surface area contributed by atoms with Gasteiger partial charge >= 0.3 is 0 Å². The normalized spacial score (nSPS) is 11.5. The molecular weight excluding hydrogens is 368 g/mol. The first-order chi connectivity index (χ1) is 14.8. The number of benzene rings is 5. The molecule has 0 aliphatic rings. The Labute approximate surface area is 173 Å². The second kappa shape index (κ2) is 6.46. The summed E-state index contributed by atoms with van der Waals surface area (Å²) in [6.07, 6.45) is 0.